The number of nitrogens with zero attached hydrogens (tertiary/aromatic N) is 4. The molecule has 1 heterocycles. The summed E-state index contributed by atoms with van der Waals surface area (Å²) in [5, 5.41) is 22.2. The van der Waals surface area contributed by atoms with Crippen molar-refractivity contribution in [2.24, 2.45) is 0 Å². The van der Waals surface area contributed by atoms with Gasteiger partial charge in [0, 0.05) is 5.69 Å². The molecule has 1 aromatic heterocycles. The summed E-state index contributed by atoms with van der Waals surface area (Å²) in [7, 11) is 0. The van der Waals surface area contributed by atoms with Gasteiger partial charge in [-0.2, -0.15) is 5.26 Å². The van der Waals surface area contributed by atoms with E-state index < -0.39 is 6.10 Å². The van der Waals surface area contributed by atoms with Crippen molar-refractivity contribution in [3.63, 3.8) is 0 Å². The fourth-order valence-corrected chi connectivity index (χ4v) is 1.46. The number of aliphatic hydroxyl groups is 1. The molecule has 0 fully saturated rings. The summed E-state index contributed by atoms with van der Waals surface area (Å²) in [4.78, 5) is 3.74. The SMILES string of the molecule is N#Cc1ncn(CC(O)COc2ccc(N)cc2)n1. The van der Waals surface area contributed by atoms with Crippen LogP contribution in [-0.4, -0.2) is 32.6 Å². The lowest BCUT2D eigenvalue weighted by Crippen LogP contribution is -2.23. The second kappa shape index (κ2) is 5.84. The first-order valence-electron chi connectivity index (χ1n) is 5.63. The van der Waals surface area contributed by atoms with Crippen LogP contribution < -0.4 is 10.5 Å². The summed E-state index contributed by atoms with van der Waals surface area (Å²) < 4.78 is 6.79. The molecule has 0 aliphatic carbocycles. The maximum atomic E-state index is 9.78. The van der Waals surface area contributed by atoms with Gasteiger partial charge in [0.1, 0.15) is 30.9 Å². The van der Waals surface area contributed by atoms with E-state index in [1.54, 1.807) is 24.3 Å². The zero-order chi connectivity index (χ0) is 13.7. The van der Waals surface area contributed by atoms with E-state index in [4.69, 9.17) is 15.7 Å². The number of nitrogens with two attached hydrogens (primary N) is 1. The van der Waals surface area contributed by atoms with Gasteiger partial charge < -0.3 is 15.6 Å². The Morgan fingerprint density at radius 1 is 1.42 bits per heavy atom. The Kier molecular flexibility index (Phi) is 3.95. The van der Waals surface area contributed by atoms with Crippen LogP contribution in [-0.2, 0) is 6.54 Å². The number of hydrogen-bond acceptors (Lipinski definition) is 6. The number of anilines is 1. The van der Waals surface area contributed by atoms with Gasteiger partial charge in [-0.05, 0) is 24.3 Å². The average molecular weight is 259 g/mol. The second-order valence-electron chi connectivity index (χ2n) is 3.94. The highest BCUT2D eigenvalue weighted by Crippen LogP contribution is 2.13. The van der Waals surface area contributed by atoms with Gasteiger partial charge in [0.15, 0.2) is 0 Å². The van der Waals surface area contributed by atoms with Gasteiger partial charge in [-0.1, -0.05) is 0 Å². The molecule has 2 rings (SSSR count). The first-order valence-corrected chi connectivity index (χ1v) is 5.63. The Hall–Kier alpha value is -2.59. The van der Waals surface area contributed by atoms with Crippen LogP contribution >= 0.6 is 0 Å². The number of ether oxygens (including phenoxy) is 1. The van der Waals surface area contributed by atoms with Crippen molar-refractivity contribution in [3.8, 4) is 11.8 Å². The largest absolute Gasteiger partial charge is 0.491 e. The number of aliphatic hydroxyl groups excluding tert-OH is 1. The topological polar surface area (TPSA) is 110 Å². The third-order valence-electron chi connectivity index (χ3n) is 2.36. The molecular weight excluding hydrogens is 246 g/mol. The lowest BCUT2D eigenvalue weighted by molar-refractivity contribution is 0.0892. The summed E-state index contributed by atoms with van der Waals surface area (Å²) in [6, 6.07) is 8.71. The van der Waals surface area contributed by atoms with Crippen LogP contribution in [0.3, 0.4) is 0 Å². The first kappa shape index (κ1) is 12.9. The third-order valence-corrected chi connectivity index (χ3v) is 2.36. The van der Waals surface area contributed by atoms with Crippen molar-refractivity contribution in [2.75, 3.05) is 12.3 Å². The molecule has 3 N–H and O–H groups in total. The lowest BCUT2D eigenvalue weighted by Gasteiger charge is -2.12. The molecule has 19 heavy (non-hydrogen) atoms. The van der Waals surface area contributed by atoms with Crippen LogP contribution in [0.2, 0.25) is 0 Å². The van der Waals surface area contributed by atoms with Gasteiger partial charge >= 0.3 is 0 Å². The zero-order valence-corrected chi connectivity index (χ0v) is 10.1. The quantitative estimate of drug-likeness (QED) is 0.741. The summed E-state index contributed by atoms with van der Waals surface area (Å²) in [5.41, 5.74) is 6.20. The minimum Gasteiger partial charge on any atom is -0.491 e. The molecule has 0 amide bonds. The molecule has 0 spiro atoms. The van der Waals surface area contributed by atoms with E-state index in [2.05, 4.69) is 10.1 Å². The van der Waals surface area contributed by atoms with Crippen molar-refractivity contribution < 1.29 is 9.84 Å². The van der Waals surface area contributed by atoms with Gasteiger partial charge in [0.25, 0.3) is 5.82 Å². The summed E-state index contributed by atoms with van der Waals surface area (Å²) in [6.45, 7) is 0.329. The Balaban J connectivity index is 1.83. The van der Waals surface area contributed by atoms with Crippen LogP contribution in [0.1, 0.15) is 5.82 Å². The van der Waals surface area contributed by atoms with Crippen LogP contribution in [0.25, 0.3) is 0 Å². The highest BCUT2D eigenvalue weighted by atomic mass is 16.5. The van der Waals surface area contributed by atoms with Crippen LogP contribution in [0.15, 0.2) is 30.6 Å². The van der Waals surface area contributed by atoms with E-state index in [-0.39, 0.29) is 19.0 Å². The van der Waals surface area contributed by atoms with E-state index >= 15 is 0 Å². The molecule has 2 aromatic rings. The first-order chi connectivity index (χ1) is 9.17. The van der Waals surface area contributed by atoms with Crippen LogP contribution in [0.5, 0.6) is 5.75 Å². The Morgan fingerprint density at radius 2 is 2.16 bits per heavy atom. The second-order valence-corrected chi connectivity index (χ2v) is 3.94. The molecule has 98 valence electrons. The van der Waals surface area contributed by atoms with Gasteiger partial charge in [0.2, 0.25) is 0 Å². The molecule has 7 nitrogen and oxygen atoms in total. The number of nitrogen functional groups attached to an aromatic ring is 1. The van der Waals surface area contributed by atoms with Crippen molar-refractivity contribution >= 4 is 5.69 Å². The van der Waals surface area contributed by atoms with Crippen molar-refractivity contribution in [3.05, 3.63) is 36.4 Å². The number of hydrogen-bond donors (Lipinski definition) is 2. The summed E-state index contributed by atoms with van der Waals surface area (Å²) in [6.07, 6.45) is 0.649. The molecule has 0 radical (unpaired) electrons. The highest BCUT2D eigenvalue weighted by molar-refractivity contribution is 5.41. The maximum absolute atomic E-state index is 9.78. The Morgan fingerprint density at radius 3 is 2.79 bits per heavy atom. The minimum absolute atomic E-state index is 0.0756. The molecular formula is C12H13N5O2. The fraction of sp³-hybridized carbons (Fsp3) is 0.250. The zero-order valence-electron chi connectivity index (χ0n) is 10.1. The van der Waals surface area contributed by atoms with E-state index in [9.17, 15) is 5.11 Å². The predicted octanol–water partition coefficient (Wildman–Crippen LogP) is 0.172. The van der Waals surface area contributed by atoms with Gasteiger partial charge in [-0.3, -0.25) is 0 Å². The molecule has 0 aliphatic heterocycles. The van der Waals surface area contributed by atoms with Gasteiger partial charge in [0.05, 0.1) is 6.54 Å². The third kappa shape index (κ3) is 3.69. The number of aromatic nitrogens is 3. The van der Waals surface area contributed by atoms with Crippen LogP contribution in [0, 0.1) is 11.3 Å². The molecule has 1 unspecified atom stereocenters. The normalized spacial score (nSPS) is 11.8. The number of rotatable bonds is 5. The van der Waals surface area contributed by atoms with Gasteiger partial charge in [-0.25, -0.2) is 9.67 Å². The van der Waals surface area contributed by atoms with Crippen molar-refractivity contribution in [1.82, 2.24) is 14.8 Å². The fourth-order valence-electron chi connectivity index (χ4n) is 1.46. The molecule has 0 saturated carbocycles. The predicted molar refractivity (Wildman–Crippen MR) is 67.1 cm³/mol. The van der Waals surface area contributed by atoms with E-state index in [0.29, 0.717) is 11.4 Å². The average Bonchev–Trinajstić information content (AvgIpc) is 2.86. The summed E-state index contributed by atoms with van der Waals surface area (Å²) in [5.74, 6) is 0.705. The smallest absolute Gasteiger partial charge is 0.252 e. The van der Waals surface area contributed by atoms with Gasteiger partial charge in [-0.15, -0.1) is 5.10 Å². The van der Waals surface area contributed by atoms with E-state index in [1.165, 1.54) is 11.0 Å². The summed E-state index contributed by atoms with van der Waals surface area (Å²) >= 11 is 0. The van der Waals surface area contributed by atoms with Crippen molar-refractivity contribution in [1.29, 1.82) is 5.26 Å². The lowest BCUT2D eigenvalue weighted by atomic mass is 10.3. The van der Waals surface area contributed by atoms with E-state index in [1.807, 2.05) is 6.07 Å². The number of nitriles is 1. The molecule has 0 saturated heterocycles. The van der Waals surface area contributed by atoms with Crippen LogP contribution in [0.4, 0.5) is 5.69 Å². The Labute approximate surface area is 109 Å². The minimum atomic E-state index is -0.745. The Bertz CT molecular complexity index is 573. The number of benzene rings is 1. The molecule has 1 aromatic carbocycles. The molecule has 0 bridgehead atoms. The highest BCUT2D eigenvalue weighted by Gasteiger charge is 2.08. The molecule has 1 atom stereocenters. The van der Waals surface area contributed by atoms with Crippen molar-refractivity contribution in [2.45, 2.75) is 12.6 Å². The van der Waals surface area contributed by atoms with E-state index in [0.717, 1.165) is 0 Å². The monoisotopic (exact) mass is 259 g/mol. The standard InChI is InChI=1S/C12H13N5O2/c13-5-12-15-8-17(16-12)6-10(18)7-19-11-3-1-9(14)2-4-11/h1-4,8,10,18H,6-7,14H2. The molecule has 0 aliphatic rings. The molecule has 7 heteroatoms. The maximum Gasteiger partial charge on any atom is 0.252 e.